The summed E-state index contributed by atoms with van der Waals surface area (Å²) >= 11 is 0. The lowest BCUT2D eigenvalue weighted by Gasteiger charge is -2.38. The Morgan fingerprint density at radius 1 is 0.912 bits per heavy atom. The number of carbonyl (C=O) groups is 3. The van der Waals surface area contributed by atoms with Crippen LogP contribution in [0.5, 0.6) is 0 Å². The van der Waals surface area contributed by atoms with Crippen molar-refractivity contribution in [1.82, 2.24) is 15.1 Å². The maximum absolute atomic E-state index is 12.6. The molecule has 1 saturated heterocycles. The van der Waals surface area contributed by atoms with Crippen LogP contribution in [0.25, 0.3) is 0 Å². The fourth-order valence-corrected chi connectivity index (χ4v) is 3.92. The molecule has 1 fully saturated rings. The average Bonchev–Trinajstić information content (AvgIpc) is 2.80. The van der Waals surface area contributed by atoms with E-state index in [1.54, 1.807) is 24.3 Å². The number of rotatable bonds is 7. The highest BCUT2D eigenvalue weighted by atomic mass is 16.2. The van der Waals surface area contributed by atoms with Gasteiger partial charge in [-0.05, 0) is 42.9 Å². The molecule has 3 amide bonds. The summed E-state index contributed by atoms with van der Waals surface area (Å²) in [7, 11) is 6.10. The lowest BCUT2D eigenvalue weighted by molar-refractivity contribution is -0.136. The third kappa shape index (κ3) is 7.03. The van der Waals surface area contributed by atoms with Gasteiger partial charge < -0.3 is 25.8 Å². The van der Waals surface area contributed by atoms with Crippen LogP contribution in [0, 0.1) is 0 Å². The molecule has 2 aromatic carbocycles. The highest BCUT2D eigenvalue weighted by molar-refractivity contribution is 6.39. The average molecular weight is 467 g/mol. The van der Waals surface area contributed by atoms with Crippen molar-refractivity contribution in [1.29, 1.82) is 0 Å². The molecule has 0 spiro atoms. The third-order valence-corrected chi connectivity index (χ3v) is 5.88. The minimum Gasteiger partial charge on any atom is -0.378 e. The van der Waals surface area contributed by atoms with Crippen molar-refractivity contribution in [3.8, 4) is 0 Å². The van der Waals surface area contributed by atoms with Crippen LogP contribution in [-0.4, -0.2) is 81.4 Å². The predicted molar refractivity (Wildman–Crippen MR) is 135 cm³/mol. The molecule has 9 nitrogen and oxygen atoms in total. The highest BCUT2D eigenvalue weighted by Crippen LogP contribution is 2.24. The number of carbonyl (C=O) groups excluding carboxylic acids is 3. The molecule has 0 radical (unpaired) electrons. The summed E-state index contributed by atoms with van der Waals surface area (Å²) in [5, 5.41) is 8.06. The molecule has 0 bridgehead atoms. The minimum atomic E-state index is -0.750. The number of anilines is 3. The molecule has 1 aliphatic rings. The summed E-state index contributed by atoms with van der Waals surface area (Å²) in [6.07, 6.45) is 0. The van der Waals surface area contributed by atoms with Crippen molar-refractivity contribution in [2.75, 3.05) is 69.4 Å². The Morgan fingerprint density at radius 2 is 1.53 bits per heavy atom. The second-order valence-electron chi connectivity index (χ2n) is 8.77. The van der Waals surface area contributed by atoms with Crippen LogP contribution in [0.15, 0.2) is 48.5 Å². The highest BCUT2D eigenvalue weighted by Gasteiger charge is 2.25. The molecular formula is C25H34N6O3. The van der Waals surface area contributed by atoms with E-state index in [1.807, 2.05) is 19.0 Å². The van der Waals surface area contributed by atoms with E-state index in [4.69, 9.17) is 0 Å². The number of benzene rings is 2. The number of hydrogen-bond donors (Lipinski definition) is 3. The molecule has 0 aliphatic carbocycles. The van der Waals surface area contributed by atoms with Crippen molar-refractivity contribution >= 4 is 34.8 Å². The van der Waals surface area contributed by atoms with Crippen LogP contribution in [0.3, 0.4) is 0 Å². The van der Waals surface area contributed by atoms with E-state index in [2.05, 4.69) is 57.1 Å². The van der Waals surface area contributed by atoms with Gasteiger partial charge in [0.05, 0.1) is 6.04 Å². The van der Waals surface area contributed by atoms with Crippen LogP contribution >= 0.6 is 0 Å². The van der Waals surface area contributed by atoms with Gasteiger partial charge in [-0.1, -0.05) is 18.2 Å². The summed E-state index contributed by atoms with van der Waals surface area (Å²) < 4.78 is 0. The van der Waals surface area contributed by atoms with Crippen molar-refractivity contribution < 1.29 is 14.4 Å². The lowest BCUT2D eigenvalue weighted by Crippen LogP contribution is -2.49. The van der Waals surface area contributed by atoms with Crippen LogP contribution < -0.4 is 20.9 Å². The second-order valence-corrected chi connectivity index (χ2v) is 8.77. The number of nitrogens with one attached hydrogen (secondary N) is 3. The van der Waals surface area contributed by atoms with E-state index >= 15 is 0 Å². The fraction of sp³-hybridized carbons (Fsp3) is 0.400. The van der Waals surface area contributed by atoms with Gasteiger partial charge in [0, 0.05) is 70.8 Å². The smallest absolute Gasteiger partial charge is 0.313 e. The number of piperazine rings is 1. The minimum absolute atomic E-state index is 0.0373. The summed E-state index contributed by atoms with van der Waals surface area (Å²) in [5.41, 5.74) is 3.17. The van der Waals surface area contributed by atoms with Gasteiger partial charge in [-0.25, -0.2) is 0 Å². The van der Waals surface area contributed by atoms with Gasteiger partial charge in [-0.15, -0.1) is 0 Å². The molecule has 9 heteroatoms. The van der Waals surface area contributed by atoms with Gasteiger partial charge in [0.15, 0.2) is 0 Å². The van der Waals surface area contributed by atoms with Crippen molar-refractivity contribution in [3.63, 3.8) is 0 Å². The van der Waals surface area contributed by atoms with Crippen LogP contribution in [0.2, 0.25) is 0 Å². The molecular weight excluding hydrogens is 432 g/mol. The summed E-state index contributed by atoms with van der Waals surface area (Å²) in [6.45, 7) is 5.40. The Balaban J connectivity index is 1.66. The zero-order valence-electron chi connectivity index (χ0n) is 20.3. The van der Waals surface area contributed by atoms with E-state index in [9.17, 15) is 14.4 Å². The molecule has 3 N–H and O–H groups in total. The maximum atomic E-state index is 12.6. The van der Waals surface area contributed by atoms with Gasteiger partial charge in [0.2, 0.25) is 5.91 Å². The first kappa shape index (κ1) is 25.2. The largest absolute Gasteiger partial charge is 0.378 e. The Hall–Kier alpha value is -3.43. The Labute approximate surface area is 201 Å². The van der Waals surface area contributed by atoms with Gasteiger partial charge >= 0.3 is 11.8 Å². The first-order chi connectivity index (χ1) is 16.2. The molecule has 34 heavy (non-hydrogen) atoms. The number of amides is 3. The molecule has 3 rings (SSSR count). The van der Waals surface area contributed by atoms with Gasteiger partial charge in [-0.2, -0.15) is 0 Å². The standard InChI is InChI=1S/C25H34N6O3/c1-18(32)27-20-6-5-7-21(16-20)28-25(34)24(33)26-17-23(31-14-12-30(4)13-15-31)19-8-10-22(11-9-19)29(2)3/h5-11,16,23H,12-15,17H2,1-4H3,(H,26,33)(H,27,32)(H,28,34). The van der Waals surface area contributed by atoms with Crippen LogP contribution in [0.1, 0.15) is 18.5 Å². The van der Waals surface area contributed by atoms with Crippen LogP contribution in [0.4, 0.5) is 17.1 Å². The lowest BCUT2D eigenvalue weighted by atomic mass is 10.0. The molecule has 1 atom stereocenters. The van der Waals surface area contributed by atoms with E-state index in [0.717, 1.165) is 37.4 Å². The quantitative estimate of drug-likeness (QED) is 0.538. The number of likely N-dealkylation sites (N-methyl/N-ethyl adjacent to an activating group) is 1. The zero-order valence-corrected chi connectivity index (χ0v) is 20.3. The van der Waals surface area contributed by atoms with E-state index in [1.165, 1.54) is 6.92 Å². The van der Waals surface area contributed by atoms with Gasteiger partial charge in [0.1, 0.15) is 0 Å². The molecule has 2 aromatic rings. The van der Waals surface area contributed by atoms with Crippen molar-refractivity contribution in [2.24, 2.45) is 0 Å². The Kier molecular flexibility index (Phi) is 8.61. The van der Waals surface area contributed by atoms with Crippen molar-refractivity contribution in [3.05, 3.63) is 54.1 Å². The monoisotopic (exact) mass is 466 g/mol. The Bertz CT molecular complexity index is 1000. The first-order valence-electron chi connectivity index (χ1n) is 11.4. The maximum Gasteiger partial charge on any atom is 0.313 e. The van der Waals surface area contributed by atoms with Gasteiger partial charge in [-0.3, -0.25) is 19.3 Å². The zero-order chi connectivity index (χ0) is 24.7. The van der Waals surface area contributed by atoms with Gasteiger partial charge in [0.25, 0.3) is 0 Å². The van der Waals surface area contributed by atoms with Crippen molar-refractivity contribution in [2.45, 2.75) is 13.0 Å². The van der Waals surface area contributed by atoms with E-state index in [-0.39, 0.29) is 11.9 Å². The predicted octanol–water partition coefficient (Wildman–Crippen LogP) is 1.75. The SMILES string of the molecule is CC(=O)Nc1cccc(NC(=O)C(=O)NCC(c2ccc(N(C)C)cc2)N2CCN(C)CC2)c1. The molecule has 0 saturated carbocycles. The topological polar surface area (TPSA) is 97.0 Å². The number of nitrogens with zero attached hydrogens (tertiary/aromatic N) is 3. The summed E-state index contributed by atoms with van der Waals surface area (Å²) in [6, 6.07) is 14.9. The molecule has 1 heterocycles. The molecule has 1 unspecified atom stereocenters. The molecule has 1 aliphatic heterocycles. The van der Waals surface area contributed by atoms with Crippen LogP contribution in [-0.2, 0) is 14.4 Å². The third-order valence-electron chi connectivity index (χ3n) is 5.88. The summed E-state index contributed by atoms with van der Waals surface area (Å²) in [5.74, 6) is -1.66. The van der Waals surface area contributed by atoms with E-state index < -0.39 is 11.8 Å². The molecule has 0 aromatic heterocycles. The Morgan fingerprint density at radius 3 is 2.12 bits per heavy atom. The summed E-state index contributed by atoms with van der Waals surface area (Å²) in [4.78, 5) is 43.0. The normalized spacial score (nSPS) is 15.3. The second kappa shape index (κ2) is 11.6. The first-order valence-corrected chi connectivity index (χ1v) is 11.4. The van der Waals surface area contributed by atoms with E-state index in [0.29, 0.717) is 17.9 Å². The molecule has 182 valence electrons. The fourth-order valence-electron chi connectivity index (χ4n) is 3.92. The number of hydrogen-bond acceptors (Lipinski definition) is 6.